The van der Waals surface area contributed by atoms with Crippen LogP contribution in [0.1, 0.15) is 76.7 Å². The van der Waals surface area contributed by atoms with Gasteiger partial charge in [0.25, 0.3) is 10.1 Å². The topological polar surface area (TPSA) is 86.7 Å². The van der Waals surface area contributed by atoms with Crippen molar-refractivity contribution in [1.82, 2.24) is 0 Å². The van der Waals surface area contributed by atoms with Gasteiger partial charge in [0.15, 0.2) is 5.75 Å². The molecule has 7 heteroatoms. The summed E-state index contributed by atoms with van der Waals surface area (Å²) in [5, 5.41) is 12.0. The summed E-state index contributed by atoms with van der Waals surface area (Å²) in [6.07, 6.45) is 12.4. The van der Waals surface area contributed by atoms with Gasteiger partial charge in [-0.05, 0) is 36.6 Å². The van der Waals surface area contributed by atoms with Gasteiger partial charge in [0.05, 0.1) is 0 Å². The maximum Gasteiger partial charge on any atom is 1.00 e. The molecular formula is C24H33NaO5S. The van der Waals surface area contributed by atoms with E-state index in [0.29, 0.717) is 17.7 Å². The molecule has 2 aromatic rings. The fourth-order valence-electron chi connectivity index (χ4n) is 3.53. The number of hydrogen-bond donors (Lipinski definition) is 1. The predicted molar refractivity (Wildman–Crippen MR) is 118 cm³/mol. The van der Waals surface area contributed by atoms with E-state index in [4.69, 9.17) is 4.74 Å². The number of benzene rings is 2. The van der Waals surface area contributed by atoms with Crippen LogP contribution in [0.5, 0.6) is 17.2 Å². The summed E-state index contributed by atoms with van der Waals surface area (Å²) in [4.78, 5) is -0.471. The first-order valence-corrected chi connectivity index (χ1v) is 12.4. The third kappa shape index (κ3) is 10.4. The molecule has 0 atom stereocenters. The zero-order chi connectivity index (χ0) is 21.8. The molecule has 0 aliphatic rings. The van der Waals surface area contributed by atoms with E-state index in [1.807, 2.05) is 6.07 Å². The second kappa shape index (κ2) is 14.9. The second-order valence-corrected chi connectivity index (χ2v) is 9.12. The molecule has 2 aromatic carbocycles. The van der Waals surface area contributed by atoms with E-state index >= 15 is 0 Å². The van der Waals surface area contributed by atoms with Gasteiger partial charge in [0.1, 0.15) is 10.6 Å². The Morgan fingerprint density at radius 1 is 0.871 bits per heavy atom. The van der Waals surface area contributed by atoms with Gasteiger partial charge >= 0.3 is 29.6 Å². The molecule has 0 bridgehead atoms. The molecule has 0 fully saturated rings. The van der Waals surface area contributed by atoms with Crippen LogP contribution in [0.25, 0.3) is 0 Å². The summed E-state index contributed by atoms with van der Waals surface area (Å²) in [6.45, 7) is 2.22. The van der Waals surface area contributed by atoms with Gasteiger partial charge in [-0.25, -0.2) is 0 Å². The second-order valence-electron chi connectivity index (χ2n) is 7.73. The number of hydrogen-bond acceptors (Lipinski definition) is 4. The Bertz CT molecular complexity index is 869. The van der Waals surface area contributed by atoms with Crippen molar-refractivity contribution in [3.8, 4) is 17.2 Å². The summed E-state index contributed by atoms with van der Waals surface area (Å²) < 4.78 is 39.0. The molecule has 166 valence electrons. The van der Waals surface area contributed by atoms with Crippen LogP contribution in [0.3, 0.4) is 0 Å². The molecular weight excluding hydrogens is 423 g/mol. The molecule has 0 amide bonds. The van der Waals surface area contributed by atoms with Crippen LogP contribution in [0.15, 0.2) is 47.4 Å². The van der Waals surface area contributed by atoms with Crippen molar-refractivity contribution in [3.63, 3.8) is 0 Å². The predicted octanol–water partition coefficient (Wildman–Crippen LogP) is 3.27. The Kier molecular flexibility index (Phi) is 13.5. The first kappa shape index (κ1) is 28.0. The first-order valence-electron chi connectivity index (χ1n) is 11.0. The standard InChI is InChI=1S/C24H34O5S.Na/c1-2-3-4-5-6-7-8-9-10-12-15-20-18-21(25)19-23(30(26,27)28)24(20)29-22-16-13-11-14-17-22;/h11,13-14,16-19,25H,2-10,12,15H2,1H3,(H,26,27,28);/q;+1/p-1. The summed E-state index contributed by atoms with van der Waals surface area (Å²) >= 11 is 0. The van der Waals surface area contributed by atoms with Crippen molar-refractivity contribution in [3.05, 3.63) is 48.0 Å². The zero-order valence-electron chi connectivity index (χ0n) is 18.8. The van der Waals surface area contributed by atoms with E-state index in [1.165, 1.54) is 51.0 Å². The molecule has 0 spiro atoms. The van der Waals surface area contributed by atoms with E-state index in [1.54, 1.807) is 24.3 Å². The Morgan fingerprint density at radius 3 is 1.97 bits per heavy atom. The Morgan fingerprint density at radius 2 is 1.42 bits per heavy atom. The molecule has 31 heavy (non-hydrogen) atoms. The molecule has 0 saturated carbocycles. The van der Waals surface area contributed by atoms with Gasteiger partial charge in [-0.15, -0.1) is 5.75 Å². The number of rotatable bonds is 14. The summed E-state index contributed by atoms with van der Waals surface area (Å²) in [5.74, 6) is 0.0368. The molecule has 0 aromatic heterocycles. The Hall–Kier alpha value is -1.05. The fraction of sp³-hybridized carbons (Fsp3) is 0.500. The van der Waals surface area contributed by atoms with Gasteiger partial charge in [-0.1, -0.05) is 89.0 Å². The van der Waals surface area contributed by atoms with Crippen LogP contribution < -0.4 is 39.4 Å². The number of unbranched alkanes of at least 4 members (excludes halogenated alkanes) is 9. The van der Waals surface area contributed by atoms with E-state index < -0.39 is 20.8 Å². The maximum atomic E-state index is 12.0. The fourth-order valence-corrected chi connectivity index (χ4v) is 4.21. The number of para-hydroxylation sites is 1. The van der Waals surface area contributed by atoms with Gasteiger partial charge in [-0.3, -0.25) is 4.55 Å². The normalized spacial score (nSPS) is 11.2. The van der Waals surface area contributed by atoms with Crippen LogP contribution in [-0.4, -0.2) is 13.0 Å². The largest absolute Gasteiger partial charge is 1.00 e. The molecule has 2 rings (SSSR count). The average Bonchev–Trinajstić information content (AvgIpc) is 2.71. The van der Waals surface area contributed by atoms with Gasteiger partial charge < -0.3 is 9.84 Å². The Labute approximate surface area is 209 Å². The van der Waals surface area contributed by atoms with Crippen LogP contribution in [0.4, 0.5) is 0 Å². The van der Waals surface area contributed by atoms with Crippen molar-refractivity contribution in [2.75, 3.05) is 0 Å². The minimum Gasteiger partial charge on any atom is -0.872 e. The smallest absolute Gasteiger partial charge is 0.872 e. The van der Waals surface area contributed by atoms with Crippen molar-refractivity contribution < 1.29 is 52.4 Å². The Balaban J connectivity index is 0.00000480. The number of aryl methyl sites for hydroxylation is 1. The molecule has 0 aliphatic carbocycles. The van der Waals surface area contributed by atoms with Crippen LogP contribution in [0, 0.1) is 0 Å². The SMILES string of the molecule is CCCCCCCCCCCCc1cc([O-])cc(S(=O)(=O)O)c1Oc1ccccc1.[Na+]. The summed E-state index contributed by atoms with van der Waals surface area (Å²) in [6, 6.07) is 11.1. The molecule has 1 N–H and O–H groups in total. The average molecular weight is 457 g/mol. The van der Waals surface area contributed by atoms with E-state index in [0.717, 1.165) is 25.3 Å². The molecule has 0 radical (unpaired) electrons. The third-order valence-corrected chi connectivity index (χ3v) is 6.01. The van der Waals surface area contributed by atoms with Crippen LogP contribution in [-0.2, 0) is 16.5 Å². The first-order chi connectivity index (χ1) is 14.4. The molecule has 0 heterocycles. The minimum atomic E-state index is -4.58. The minimum absolute atomic E-state index is 0. The third-order valence-electron chi connectivity index (χ3n) is 5.15. The summed E-state index contributed by atoms with van der Waals surface area (Å²) in [7, 11) is -4.58. The van der Waals surface area contributed by atoms with Crippen molar-refractivity contribution >= 4 is 10.1 Å². The van der Waals surface area contributed by atoms with E-state index in [-0.39, 0.29) is 35.3 Å². The quantitative estimate of drug-likeness (QED) is 0.268. The van der Waals surface area contributed by atoms with Gasteiger partial charge in [-0.2, -0.15) is 8.42 Å². The monoisotopic (exact) mass is 456 g/mol. The van der Waals surface area contributed by atoms with Crippen molar-refractivity contribution in [2.45, 2.75) is 82.4 Å². The van der Waals surface area contributed by atoms with Crippen molar-refractivity contribution in [2.24, 2.45) is 0 Å². The summed E-state index contributed by atoms with van der Waals surface area (Å²) in [5.41, 5.74) is 0.513. The maximum absolute atomic E-state index is 12.0. The van der Waals surface area contributed by atoms with Crippen molar-refractivity contribution in [1.29, 1.82) is 0 Å². The van der Waals surface area contributed by atoms with Crippen LogP contribution >= 0.6 is 0 Å². The molecule has 5 nitrogen and oxygen atoms in total. The molecule has 0 unspecified atom stereocenters. The van der Waals surface area contributed by atoms with Gasteiger partial charge in [0.2, 0.25) is 0 Å². The molecule has 0 aliphatic heterocycles. The van der Waals surface area contributed by atoms with E-state index in [2.05, 4.69) is 6.92 Å². The zero-order valence-corrected chi connectivity index (χ0v) is 21.6. The molecule has 0 saturated heterocycles. The number of ether oxygens (including phenoxy) is 1. The van der Waals surface area contributed by atoms with Crippen LogP contribution in [0.2, 0.25) is 0 Å². The van der Waals surface area contributed by atoms with E-state index in [9.17, 15) is 18.1 Å². The van der Waals surface area contributed by atoms with Gasteiger partial charge in [0, 0.05) is 0 Å².